The lowest BCUT2D eigenvalue weighted by Gasteiger charge is -2.29. The maximum Gasteiger partial charge on any atom is 0.169 e. The highest BCUT2D eigenvalue weighted by molar-refractivity contribution is 5.98. The van der Waals surface area contributed by atoms with E-state index in [1.165, 1.54) is 6.07 Å². The van der Waals surface area contributed by atoms with Crippen molar-refractivity contribution in [3.05, 3.63) is 35.6 Å². The number of hydrogen-bond acceptors (Lipinski definition) is 2. The van der Waals surface area contributed by atoms with Gasteiger partial charge in [0, 0.05) is 18.5 Å². The lowest BCUT2D eigenvalue weighted by molar-refractivity contribution is 0.0871. The molecule has 1 rings (SSSR count). The summed E-state index contributed by atoms with van der Waals surface area (Å²) in [6, 6.07) is 6.66. The first-order valence-corrected chi connectivity index (χ1v) is 7.04. The van der Waals surface area contributed by atoms with E-state index in [0.29, 0.717) is 12.6 Å². The first kappa shape index (κ1) is 15.8. The molecule has 0 aliphatic heterocycles. The molecule has 0 spiro atoms. The molecule has 3 heteroatoms. The Labute approximate surface area is 115 Å². The van der Waals surface area contributed by atoms with Gasteiger partial charge in [0.1, 0.15) is 5.82 Å². The molecular formula is C16H24FNO. The van der Waals surface area contributed by atoms with Crippen LogP contribution in [0.4, 0.5) is 4.39 Å². The lowest BCUT2D eigenvalue weighted by Crippen LogP contribution is -2.38. The molecular weight excluding hydrogens is 241 g/mol. The number of hydrogen-bond donors (Lipinski definition) is 0. The predicted molar refractivity (Wildman–Crippen MR) is 76.9 cm³/mol. The average molecular weight is 265 g/mol. The first-order valence-electron chi connectivity index (χ1n) is 7.04. The molecule has 2 unspecified atom stereocenters. The van der Waals surface area contributed by atoms with Crippen LogP contribution >= 0.6 is 0 Å². The number of Topliss-reactive ketones (excluding diaryl/α,β-unsaturated/α-hetero) is 1. The van der Waals surface area contributed by atoms with E-state index in [-0.39, 0.29) is 17.3 Å². The van der Waals surface area contributed by atoms with Crippen LogP contribution in [0.3, 0.4) is 0 Å². The third-order valence-corrected chi connectivity index (χ3v) is 3.72. The van der Waals surface area contributed by atoms with E-state index in [4.69, 9.17) is 0 Å². The van der Waals surface area contributed by atoms with E-state index in [0.717, 1.165) is 13.0 Å². The van der Waals surface area contributed by atoms with Crippen LogP contribution in [0.25, 0.3) is 0 Å². The molecule has 1 aromatic carbocycles. The number of ketones is 1. The summed E-state index contributed by atoms with van der Waals surface area (Å²) >= 11 is 0. The van der Waals surface area contributed by atoms with Crippen LogP contribution in [0, 0.1) is 11.7 Å². The molecule has 0 saturated carbocycles. The van der Waals surface area contributed by atoms with Gasteiger partial charge < -0.3 is 4.90 Å². The van der Waals surface area contributed by atoms with E-state index >= 15 is 0 Å². The first-order chi connectivity index (χ1) is 9.01. The fourth-order valence-corrected chi connectivity index (χ4v) is 2.24. The Bertz CT molecular complexity index is 419. The second kappa shape index (κ2) is 7.39. The van der Waals surface area contributed by atoms with Crippen molar-refractivity contribution in [2.75, 3.05) is 13.1 Å². The molecule has 0 aliphatic rings. The Balaban J connectivity index is 2.75. The largest absolute Gasteiger partial charge is 0.300 e. The summed E-state index contributed by atoms with van der Waals surface area (Å²) in [4.78, 5) is 14.5. The van der Waals surface area contributed by atoms with E-state index in [1.807, 2.05) is 6.92 Å². The SMILES string of the molecule is CCC(C)N(CC)CC(C)C(=O)c1ccccc1F. The van der Waals surface area contributed by atoms with Crippen molar-refractivity contribution in [2.45, 2.75) is 40.2 Å². The maximum absolute atomic E-state index is 13.6. The Hall–Kier alpha value is -1.22. The fraction of sp³-hybridized carbons (Fsp3) is 0.562. The number of carbonyl (C=O) groups is 1. The Morgan fingerprint density at radius 3 is 2.42 bits per heavy atom. The van der Waals surface area contributed by atoms with Crippen LogP contribution in [-0.2, 0) is 0 Å². The molecule has 1 aromatic rings. The number of rotatable bonds is 7. The zero-order valence-electron chi connectivity index (χ0n) is 12.3. The van der Waals surface area contributed by atoms with Crippen LogP contribution in [0.2, 0.25) is 0 Å². The van der Waals surface area contributed by atoms with Gasteiger partial charge in [0.15, 0.2) is 5.78 Å². The van der Waals surface area contributed by atoms with Gasteiger partial charge in [-0.15, -0.1) is 0 Å². The van der Waals surface area contributed by atoms with Crippen molar-refractivity contribution in [1.82, 2.24) is 4.90 Å². The maximum atomic E-state index is 13.6. The summed E-state index contributed by atoms with van der Waals surface area (Å²) in [6.07, 6.45) is 1.05. The highest BCUT2D eigenvalue weighted by Gasteiger charge is 2.22. The molecule has 0 saturated heterocycles. The standard InChI is InChI=1S/C16H24FNO/c1-5-13(4)18(6-2)11-12(3)16(19)14-9-7-8-10-15(14)17/h7-10,12-13H,5-6,11H2,1-4H3. The monoisotopic (exact) mass is 265 g/mol. The molecule has 0 amide bonds. The summed E-state index contributed by atoms with van der Waals surface area (Å²) in [6.45, 7) is 9.84. The van der Waals surface area contributed by atoms with Crippen LogP contribution in [0.15, 0.2) is 24.3 Å². The highest BCUT2D eigenvalue weighted by atomic mass is 19.1. The Morgan fingerprint density at radius 2 is 1.89 bits per heavy atom. The lowest BCUT2D eigenvalue weighted by atomic mass is 9.97. The molecule has 2 atom stereocenters. The minimum atomic E-state index is -0.425. The number of halogens is 1. The Kier molecular flexibility index (Phi) is 6.16. The van der Waals surface area contributed by atoms with E-state index in [2.05, 4.69) is 25.7 Å². The molecule has 19 heavy (non-hydrogen) atoms. The van der Waals surface area contributed by atoms with E-state index < -0.39 is 5.82 Å². The molecule has 0 aromatic heterocycles. The zero-order valence-corrected chi connectivity index (χ0v) is 12.3. The van der Waals surface area contributed by atoms with Crippen LogP contribution in [0.1, 0.15) is 44.5 Å². The van der Waals surface area contributed by atoms with Crippen molar-refractivity contribution in [3.63, 3.8) is 0 Å². The van der Waals surface area contributed by atoms with E-state index in [1.54, 1.807) is 18.2 Å². The van der Waals surface area contributed by atoms with Gasteiger partial charge in [-0.2, -0.15) is 0 Å². The summed E-state index contributed by atoms with van der Waals surface area (Å²) in [5, 5.41) is 0. The van der Waals surface area contributed by atoms with Gasteiger partial charge in [-0.05, 0) is 32.0 Å². The highest BCUT2D eigenvalue weighted by Crippen LogP contribution is 2.15. The molecule has 0 fully saturated rings. The number of carbonyl (C=O) groups excluding carboxylic acids is 1. The van der Waals surface area contributed by atoms with Crippen LogP contribution < -0.4 is 0 Å². The summed E-state index contributed by atoms with van der Waals surface area (Å²) in [5.41, 5.74) is 0.204. The molecule has 0 bridgehead atoms. The van der Waals surface area contributed by atoms with Crippen molar-refractivity contribution >= 4 is 5.78 Å². The van der Waals surface area contributed by atoms with Gasteiger partial charge in [0.25, 0.3) is 0 Å². The second-order valence-corrected chi connectivity index (χ2v) is 5.09. The van der Waals surface area contributed by atoms with Crippen LogP contribution in [0.5, 0.6) is 0 Å². The van der Waals surface area contributed by atoms with Crippen molar-refractivity contribution in [3.8, 4) is 0 Å². The Morgan fingerprint density at radius 1 is 1.26 bits per heavy atom. The van der Waals surface area contributed by atoms with Gasteiger partial charge in [0.05, 0.1) is 5.56 Å². The van der Waals surface area contributed by atoms with Crippen molar-refractivity contribution < 1.29 is 9.18 Å². The molecule has 0 radical (unpaired) electrons. The van der Waals surface area contributed by atoms with Gasteiger partial charge >= 0.3 is 0 Å². The average Bonchev–Trinajstić information content (AvgIpc) is 2.43. The van der Waals surface area contributed by atoms with Gasteiger partial charge in [0.2, 0.25) is 0 Å². The zero-order chi connectivity index (χ0) is 14.4. The molecule has 0 N–H and O–H groups in total. The van der Waals surface area contributed by atoms with Gasteiger partial charge in [-0.1, -0.05) is 32.9 Å². The minimum absolute atomic E-state index is 0.111. The number of benzene rings is 1. The number of nitrogens with zero attached hydrogens (tertiary/aromatic N) is 1. The summed E-state index contributed by atoms with van der Waals surface area (Å²) in [7, 11) is 0. The minimum Gasteiger partial charge on any atom is -0.300 e. The summed E-state index contributed by atoms with van der Waals surface area (Å²) in [5.74, 6) is -0.725. The van der Waals surface area contributed by atoms with Crippen molar-refractivity contribution in [1.29, 1.82) is 0 Å². The molecule has 106 valence electrons. The normalized spacial score (nSPS) is 14.4. The van der Waals surface area contributed by atoms with Crippen LogP contribution in [-0.4, -0.2) is 29.8 Å². The third-order valence-electron chi connectivity index (χ3n) is 3.72. The quantitative estimate of drug-likeness (QED) is 0.700. The van der Waals surface area contributed by atoms with E-state index in [9.17, 15) is 9.18 Å². The smallest absolute Gasteiger partial charge is 0.169 e. The fourth-order valence-electron chi connectivity index (χ4n) is 2.24. The third kappa shape index (κ3) is 4.13. The van der Waals surface area contributed by atoms with Gasteiger partial charge in [-0.3, -0.25) is 4.79 Å². The van der Waals surface area contributed by atoms with Crippen molar-refractivity contribution in [2.24, 2.45) is 5.92 Å². The molecule has 0 heterocycles. The molecule has 0 aliphatic carbocycles. The summed E-state index contributed by atoms with van der Waals surface area (Å²) < 4.78 is 13.6. The topological polar surface area (TPSA) is 20.3 Å². The molecule has 2 nitrogen and oxygen atoms in total. The second-order valence-electron chi connectivity index (χ2n) is 5.09. The van der Waals surface area contributed by atoms with Gasteiger partial charge in [-0.25, -0.2) is 4.39 Å². The predicted octanol–water partition coefficient (Wildman–Crippen LogP) is 3.76.